The number of aromatic nitrogens is 3. The summed E-state index contributed by atoms with van der Waals surface area (Å²) in [6.07, 6.45) is 5.74. The Bertz CT molecular complexity index is 1340. The number of fused-ring (bicyclic) bond motifs is 2. The highest BCUT2D eigenvalue weighted by Crippen LogP contribution is 2.37. The Kier molecular flexibility index (Phi) is 6.47. The first-order valence-electron chi connectivity index (χ1n) is 12.9. The van der Waals surface area contributed by atoms with Gasteiger partial charge in [-0.1, -0.05) is 24.3 Å². The van der Waals surface area contributed by atoms with Crippen molar-refractivity contribution in [3.8, 4) is 28.5 Å². The number of hydrogen-bond donors (Lipinski definition) is 0. The molecule has 4 aromatic rings. The zero-order valence-electron chi connectivity index (χ0n) is 20.8. The molecule has 2 aromatic carbocycles. The van der Waals surface area contributed by atoms with Crippen LogP contribution in [0.15, 0.2) is 54.6 Å². The maximum absolute atomic E-state index is 5.80. The van der Waals surface area contributed by atoms with E-state index in [2.05, 4.69) is 29.2 Å². The topological polar surface area (TPSA) is 61.1 Å². The van der Waals surface area contributed by atoms with Gasteiger partial charge in [-0.15, -0.1) is 0 Å². The lowest BCUT2D eigenvalue weighted by atomic mass is 10.1. The lowest BCUT2D eigenvalue weighted by molar-refractivity contribution is 0.171. The molecule has 36 heavy (non-hydrogen) atoms. The molecular formula is C29H32N4O3. The molecule has 0 saturated carbocycles. The number of benzene rings is 2. The maximum atomic E-state index is 5.80. The SMILES string of the molecule is COc1ccc2nc(Cc3ccc(CCCN4CCCC4)cc3)nn2c1-c1ccc2c(c1)OCCO2. The first-order chi connectivity index (χ1) is 17.8. The van der Waals surface area contributed by atoms with Gasteiger partial charge < -0.3 is 19.1 Å². The van der Waals surface area contributed by atoms with Crippen LogP contribution in [0.5, 0.6) is 17.2 Å². The number of methoxy groups -OCH3 is 1. The maximum Gasteiger partial charge on any atom is 0.162 e. The zero-order valence-corrected chi connectivity index (χ0v) is 20.8. The Morgan fingerprint density at radius 2 is 1.67 bits per heavy atom. The van der Waals surface area contributed by atoms with Crippen LogP contribution < -0.4 is 14.2 Å². The third-order valence-corrected chi connectivity index (χ3v) is 7.06. The van der Waals surface area contributed by atoms with Crippen molar-refractivity contribution in [1.82, 2.24) is 19.5 Å². The lowest BCUT2D eigenvalue weighted by Crippen LogP contribution is -2.20. The van der Waals surface area contributed by atoms with E-state index in [4.69, 9.17) is 24.3 Å². The number of ether oxygens (including phenoxy) is 3. The number of aryl methyl sites for hydroxylation is 1. The predicted molar refractivity (Wildman–Crippen MR) is 139 cm³/mol. The number of likely N-dealkylation sites (tertiary alicyclic amines) is 1. The molecule has 186 valence electrons. The average molecular weight is 485 g/mol. The molecule has 0 spiro atoms. The highest BCUT2D eigenvalue weighted by Gasteiger charge is 2.19. The molecule has 0 unspecified atom stereocenters. The molecule has 0 atom stereocenters. The van der Waals surface area contributed by atoms with Crippen LogP contribution in [0.2, 0.25) is 0 Å². The van der Waals surface area contributed by atoms with E-state index in [1.807, 2.05) is 34.8 Å². The fourth-order valence-electron chi connectivity index (χ4n) is 5.19. The Morgan fingerprint density at radius 3 is 2.47 bits per heavy atom. The van der Waals surface area contributed by atoms with Gasteiger partial charge >= 0.3 is 0 Å². The van der Waals surface area contributed by atoms with Crippen LogP contribution in [-0.4, -0.2) is 59.5 Å². The average Bonchev–Trinajstić information content (AvgIpc) is 3.58. The van der Waals surface area contributed by atoms with Gasteiger partial charge in [0.1, 0.15) is 24.7 Å². The summed E-state index contributed by atoms with van der Waals surface area (Å²) in [4.78, 5) is 7.39. The molecule has 0 N–H and O–H groups in total. The van der Waals surface area contributed by atoms with E-state index in [1.165, 1.54) is 50.0 Å². The fraction of sp³-hybridized carbons (Fsp3) is 0.379. The quantitative estimate of drug-likeness (QED) is 0.358. The van der Waals surface area contributed by atoms with E-state index in [1.54, 1.807) is 7.11 Å². The van der Waals surface area contributed by atoms with Gasteiger partial charge in [0.2, 0.25) is 0 Å². The van der Waals surface area contributed by atoms with Gasteiger partial charge in [0.15, 0.2) is 23.0 Å². The van der Waals surface area contributed by atoms with Gasteiger partial charge in [0, 0.05) is 12.0 Å². The summed E-state index contributed by atoms with van der Waals surface area (Å²) < 4.78 is 19.1. The van der Waals surface area contributed by atoms with E-state index in [-0.39, 0.29) is 0 Å². The van der Waals surface area contributed by atoms with Gasteiger partial charge in [0.25, 0.3) is 0 Å². The zero-order chi connectivity index (χ0) is 24.3. The van der Waals surface area contributed by atoms with E-state index in [0.717, 1.165) is 46.4 Å². The number of rotatable bonds is 8. The van der Waals surface area contributed by atoms with Crippen molar-refractivity contribution in [2.75, 3.05) is 40.0 Å². The molecule has 0 aliphatic carbocycles. The van der Waals surface area contributed by atoms with E-state index < -0.39 is 0 Å². The Balaban J connectivity index is 1.21. The minimum atomic E-state index is 0.544. The minimum Gasteiger partial charge on any atom is -0.494 e. The summed E-state index contributed by atoms with van der Waals surface area (Å²) in [5, 5.41) is 4.87. The third kappa shape index (κ3) is 4.75. The molecule has 0 bridgehead atoms. The lowest BCUT2D eigenvalue weighted by Gasteiger charge is -2.19. The van der Waals surface area contributed by atoms with Gasteiger partial charge in [-0.25, -0.2) is 9.50 Å². The van der Waals surface area contributed by atoms with Crippen LogP contribution in [0, 0.1) is 0 Å². The van der Waals surface area contributed by atoms with Crippen molar-refractivity contribution in [3.05, 3.63) is 71.5 Å². The van der Waals surface area contributed by atoms with Crippen LogP contribution in [0.1, 0.15) is 36.2 Å². The summed E-state index contributed by atoms with van der Waals surface area (Å²) in [6, 6.07) is 18.7. The van der Waals surface area contributed by atoms with Crippen LogP contribution in [0.4, 0.5) is 0 Å². The van der Waals surface area contributed by atoms with Crippen LogP contribution >= 0.6 is 0 Å². The summed E-state index contributed by atoms with van der Waals surface area (Å²) >= 11 is 0. The molecule has 2 aromatic heterocycles. The number of hydrogen-bond acceptors (Lipinski definition) is 6. The molecule has 0 amide bonds. The molecule has 1 saturated heterocycles. The van der Waals surface area contributed by atoms with Crippen molar-refractivity contribution in [3.63, 3.8) is 0 Å². The first kappa shape index (κ1) is 22.9. The molecular weight excluding hydrogens is 452 g/mol. The third-order valence-electron chi connectivity index (χ3n) is 7.06. The first-order valence-corrected chi connectivity index (χ1v) is 12.9. The van der Waals surface area contributed by atoms with Crippen LogP contribution in [-0.2, 0) is 12.8 Å². The van der Waals surface area contributed by atoms with Gasteiger partial charge in [-0.2, -0.15) is 5.10 Å². The van der Waals surface area contributed by atoms with Crippen molar-refractivity contribution in [2.45, 2.75) is 32.1 Å². The molecule has 4 heterocycles. The van der Waals surface area contributed by atoms with Crippen molar-refractivity contribution >= 4 is 5.65 Å². The van der Waals surface area contributed by atoms with Gasteiger partial charge in [-0.3, -0.25) is 0 Å². The molecule has 6 rings (SSSR count). The molecule has 2 aliphatic rings. The second-order valence-electron chi connectivity index (χ2n) is 9.55. The van der Waals surface area contributed by atoms with E-state index in [0.29, 0.717) is 19.6 Å². The molecule has 7 heteroatoms. The smallest absolute Gasteiger partial charge is 0.162 e. The van der Waals surface area contributed by atoms with Crippen molar-refractivity contribution in [1.29, 1.82) is 0 Å². The number of pyridine rings is 1. The van der Waals surface area contributed by atoms with Crippen LogP contribution in [0.25, 0.3) is 16.9 Å². The van der Waals surface area contributed by atoms with Crippen LogP contribution in [0.3, 0.4) is 0 Å². The summed E-state index contributed by atoms with van der Waals surface area (Å²) in [7, 11) is 1.67. The van der Waals surface area contributed by atoms with Crippen molar-refractivity contribution < 1.29 is 14.2 Å². The second kappa shape index (κ2) is 10.2. The van der Waals surface area contributed by atoms with Gasteiger partial charge in [-0.05, 0) is 86.8 Å². The molecule has 2 aliphatic heterocycles. The normalized spacial score (nSPS) is 15.5. The molecule has 1 fully saturated rings. The monoisotopic (exact) mass is 484 g/mol. The highest BCUT2D eigenvalue weighted by molar-refractivity contribution is 5.72. The largest absolute Gasteiger partial charge is 0.494 e. The second-order valence-corrected chi connectivity index (χ2v) is 9.55. The number of nitrogens with zero attached hydrogens (tertiary/aromatic N) is 4. The van der Waals surface area contributed by atoms with Crippen molar-refractivity contribution in [2.24, 2.45) is 0 Å². The predicted octanol–water partition coefficient (Wildman–Crippen LogP) is 4.80. The Labute approximate surface area is 211 Å². The van der Waals surface area contributed by atoms with E-state index in [9.17, 15) is 0 Å². The fourth-order valence-corrected chi connectivity index (χ4v) is 5.19. The summed E-state index contributed by atoms with van der Waals surface area (Å²) in [6.45, 7) is 4.86. The Hall–Kier alpha value is -3.58. The van der Waals surface area contributed by atoms with E-state index >= 15 is 0 Å². The molecule has 0 radical (unpaired) electrons. The van der Waals surface area contributed by atoms with Gasteiger partial charge in [0.05, 0.1) is 7.11 Å². The standard InChI is InChI=1S/C29H32N4O3/c1-34-25-12-13-28-30-27(19-22-8-6-21(7-9-22)5-4-16-32-14-2-3-15-32)31-33(28)29(25)23-10-11-24-26(20-23)36-18-17-35-24/h6-13,20H,2-5,14-19H2,1H3. The summed E-state index contributed by atoms with van der Waals surface area (Å²) in [5.74, 6) is 3.01. The minimum absolute atomic E-state index is 0.544. The Morgan fingerprint density at radius 1 is 0.889 bits per heavy atom. The highest BCUT2D eigenvalue weighted by atomic mass is 16.6. The summed E-state index contributed by atoms with van der Waals surface area (Å²) in [5.41, 5.74) is 5.18. The molecule has 7 nitrogen and oxygen atoms in total.